The van der Waals surface area contributed by atoms with Crippen molar-refractivity contribution < 1.29 is 39.6 Å². The fourth-order valence-corrected chi connectivity index (χ4v) is 2.92. The quantitative estimate of drug-likeness (QED) is 0.257. The summed E-state index contributed by atoms with van der Waals surface area (Å²) >= 11 is 0. The minimum atomic E-state index is -3.96. The van der Waals surface area contributed by atoms with Crippen molar-refractivity contribution in [2.75, 3.05) is 0 Å². The third-order valence-corrected chi connectivity index (χ3v) is 5.31. The normalized spacial score (nSPS) is 14.7. The number of aliphatic hydroxyl groups is 2. The Morgan fingerprint density at radius 1 is 0.829 bits per heavy atom. The second-order valence-corrected chi connectivity index (χ2v) is 7.95. The Hall–Kier alpha value is -3.91. The monoisotopic (exact) mass is 484 g/mol. The molecule has 2 rings (SSSR count). The highest BCUT2D eigenvalue weighted by molar-refractivity contribution is 6.28. The highest BCUT2D eigenvalue weighted by Gasteiger charge is 2.69. The first-order valence-electron chi connectivity index (χ1n) is 10.5. The number of aliphatic carboxylic acids is 2. The molecule has 0 bridgehead atoms. The second-order valence-electron chi connectivity index (χ2n) is 7.95. The van der Waals surface area contributed by atoms with Crippen molar-refractivity contribution in [1.29, 1.82) is 5.26 Å². The molecule has 0 aliphatic carbocycles. The summed E-state index contributed by atoms with van der Waals surface area (Å²) in [5.74, 6) is -8.01. The molecule has 0 saturated carbocycles. The van der Waals surface area contributed by atoms with Crippen molar-refractivity contribution in [1.82, 2.24) is 0 Å². The van der Waals surface area contributed by atoms with Crippen LogP contribution < -0.4 is 5.73 Å². The van der Waals surface area contributed by atoms with Crippen LogP contribution in [0.1, 0.15) is 51.6 Å². The second kappa shape index (κ2) is 12.0. The van der Waals surface area contributed by atoms with E-state index in [1.807, 2.05) is 13.0 Å². The number of hydrogen-bond donors (Lipinski definition) is 5. The number of rotatable bonds is 9. The molecule has 0 amide bonds. The fraction of sp³-hybridized carbons (Fsp3) is 0.320. The predicted molar refractivity (Wildman–Crippen MR) is 125 cm³/mol. The molecule has 10 nitrogen and oxygen atoms in total. The lowest BCUT2D eigenvalue weighted by atomic mass is 9.73. The molecule has 0 spiro atoms. The molecule has 6 N–H and O–H groups in total. The van der Waals surface area contributed by atoms with Gasteiger partial charge in [-0.1, -0.05) is 66.6 Å². The van der Waals surface area contributed by atoms with Crippen molar-refractivity contribution in [2.24, 2.45) is 5.73 Å². The number of carboxylic acid groups (broad SMARTS) is 2. The molecule has 0 unspecified atom stereocenters. The number of carboxylic acids is 2. The zero-order chi connectivity index (χ0) is 27.0. The maximum absolute atomic E-state index is 12.8. The summed E-state index contributed by atoms with van der Waals surface area (Å²) in [6.07, 6.45) is 1.38. The van der Waals surface area contributed by atoms with Crippen LogP contribution in [-0.2, 0) is 9.59 Å². The van der Waals surface area contributed by atoms with Gasteiger partial charge in [0, 0.05) is 17.2 Å². The van der Waals surface area contributed by atoms with Crippen LogP contribution in [0.15, 0.2) is 48.5 Å². The Kier molecular flexibility index (Phi) is 9.97. The van der Waals surface area contributed by atoms with E-state index >= 15 is 0 Å². The van der Waals surface area contributed by atoms with E-state index in [1.165, 1.54) is 24.3 Å². The average molecular weight is 485 g/mol. The molecule has 0 fully saturated rings. The summed E-state index contributed by atoms with van der Waals surface area (Å²) in [7, 11) is 0. The molecule has 186 valence electrons. The van der Waals surface area contributed by atoms with Crippen LogP contribution in [0, 0.1) is 25.2 Å². The topological polar surface area (TPSA) is 199 Å². The van der Waals surface area contributed by atoms with Crippen molar-refractivity contribution >= 4 is 23.5 Å². The summed E-state index contributed by atoms with van der Waals surface area (Å²) < 4.78 is 0. The summed E-state index contributed by atoms with van der Waals surface area (Å²) in [5.41, 5.74) is -1.91. The lowest BCUT2D eigenvalue weighted by molar-refractivity contribution is -0.187. The van der Waals surface area contributed by atoms with Crippen LogP contribution >= 0.6 is 0 Å². The average Bonchev–Trinajstić information content (AvgIpc) is 2.83. The Labute approximate surface area is 202 Å². The molecule has 0 radical (unpaired) electrons. The van der Waals surface area contributed by atoms with Gasteiger partial charge in [-0.2, -0.15) is 5.26 Å². The molecule has 0 aromatic heterocycles. The van der Waals surface area contributed by atoms with Crippen molar-refractivity contribution in [2.45, 2.75) is 50.9 Å². The number of nitriles is 1. The number of hydrogen-bond acceptors (Lipinski definition) is 8. The highest BCUT2D eigenvalue weighted by Crippen LogP contribution is 2.32. The number of ketones is 2. The van der Waals surface area contributed by atoms with E-state index in [2.05, 4.69) is 0 Å². The van der Waals surface area contributed by atoms with E-state index in [0.29, 0.717) is 17.5 Å². The first-order chi connectivity index (χ1) is 16.3. The van der Waals surface area contributed by atoms with Crippen molar-refractivity contribution in [3.63, 3.8) is 0 Å². The van der Waals surface area contributed by atoms with Crippen LogP contribution in [0.3, 0.4) is 0 Å². The third-order valence-electron chi connectivity index (χ3n) is 5.31. The van der Waals surface area contributed by atoms with Crippen LogP contribution in [-0.4, -0.2) is 61.2 Å². The molecule has 0 aliphatic heterocycles. The minimum absolute atomic E-state index is 0.0880. The lowest BCUT2D eigenvalue weighted by Crippen LogP contribution is -2.71. The molecule has 10 heteroatoms. The Balaban J connectivity index is 0.000000762. The number of nitrogens with two attached hydrogens (primary N) is 1. The summed E-state index contributed by atoms with van der Waals surface area (Å²) in [4.78, 5) is 49.1. The van der Waals surface area contributed by atoms with E-state index in [4.69, 9.17) is 11.0 Å². The van der Waals surface area contributed by atoms with Gasteiger partial charge in [0.25, 0.3) is 11.2 Å². The number of aryl methyl sites for hydroxylation is 2. The van der Waals surface area contributed by atoms with E-state index in [1.54, 1.807) is 13.8 Å². The maximum Gasteiger partial charge on any atom is 0.348 e. The van der Waals surface area contributed by atoms with Gasteiger partial charge in [0.1, 0.15) is 0 Å². The first kappa shape index (κ1) is 29.1. The minimum Gasteiger partial charge on any atom is -0.479 e. The molecule has 0 heterocycles. The molecule has 0 aliphatic rings. The summed E-state index contributed by atoms with van der Waals surface area (Å²) in [6, 6.07) is 12.4. The van der Waals surface area contributed by atoms with Gasteiger partial charge in [0.15, 0.2) is 0 Å². The van der Waals surface area contributed by atoms with Crippen molar-refractivity contribution in [3.8, 4) is 6.07 Å². The smallest absolute Gasteiger partial charge is 0.348 e. The van der Waals surface area contributed by atoms with Gasteiger partial charge in [-0.25, -0.2) is 9.59 Å². The van der Waals surface area contributed by atoms with Gasteiger partial charge in [0.2, 0.25) is 11.6 Å². The van der Waals surface area contributed by atoms with Gasteiger partial charge in [-0.3, -0.25) is 9.59 Å². The number of carbonyl (C=O) groups excluding carboxylic acids is 2. The number of nitrogens with zero attached hydrogens (tertiary/aromatic N) is 1. The van der Waals surface area contributed by atoms with Gasteiger partial charge in [-0.05, 0) is 20.3 Å². The van der Waals surface area contributed by atoms with Gasteiger partial charge >= 0.3 is 11.9 Å². The number of carbonyl (C=O) groups is 4. The third kappa shape index (κ3) is 6.16. The zero-order valence-corrected chi connectivity index (χ0v) is 19.6. The molecule has 2 aromatic carbocycles. The molecular formula is C25H28N2O8. The molecular weight excluding hydrogens is 456 g/mol. The van der Waals surface area contributed by atoms with Gasteiger partial charge < -0.3 is 26.2 Å². The fourth-order valence-electron chi connectivity index (χ4n) is 2.92. The first-order valence-corrected chi connectivity index (χ1v) is 10.5. The Bertz CT molecular complexity index is 1040. The number of Topliss-reactive ketones (excluding diaryl/α,β-unsaturated/α-hetero) is 2. The molecule has 35 heavy (non-hydrogen) atoms. The van der Waals surface area contributed by atoms with Gasteiger partial charge in [-0.15, -0.1) is 0 Å². The summed E-state index contributed by atoms with van der Waals surface area (Å²) in [5, 5.41) is 48.3. The van der Waals surface area contributed by atoms with E-state index in [0.717, 1.165) is 30.7 Å². The molecule has 0 saturated heterocycles. The number of benzene rings is 2. The standard InChI is InChI=1S/C20H18O8.C5H10N2/c1-11-3-7-13(8-4-11)15(21)19(27,17(23)24)20(28,18(25)26)16(22)14-9-5-12(2)6-10-14;1-2-5(7)3-4-6/h3-10,27-28H,1-2H3,(H,23,24)(H,25,26);5H,2-3,7H2,1H3/t19-,20-;5-/m10/s1. The lowest BCUT2D eigenvalue weighted by Gasteiger charge is -2.34. The van der Waals surface area contributed by atoms with E-state index < -0.39 is 34.7 Å². The van der Waals surface area contributed by atoms with E-state index in [-0.39, 0.29) is 17.2 Å². The van der Waals surface area contributed by atoms with Crippen LogP contribution in [0.2, 0.25) is 0 Å². The van der Waals surface area contributed by atoms with Crippen LogP contribution in [0.25, 0.3) is 0 Å². The SMILES string of the molecule is CC[C@H](N)CC#N.Cc1ccc(C(=O)[C@@](O)(C(=O)O)[C@](O)(C(=O)O)C(=O)c2ccc(C)cc2)cc1. The highest BCUT2D eigenvalue weighted by atomic mass is 16.5. The maximum atomic E-state index is 12.8. The van der Waals surface area contributed by atoms with Gasteiger partial charge in [0.05, 0.1) is 12.5 Å². The molecule has 2 aromatic rings. The molecule has 3 atom stereocenters. The zero-order valence-electron chi connectivity index (χ0n) is 19.6. The van der Waals surface area contributed by atoms with Crippen LogP contribution in [0.5, 0.6) is 0 Å². The Morgan fingerprint density at radius 3 is 1.34 bits per heavy atom. The van der Waals surface area contributed by atoms with Crippen LogP contribution in [0.4, 0.5) is 0 Å². The summed E-state index contributed by atoms with van der Waals surface area (Å²) in [6.45, 7) is 5.35. The van der Waals surface area contributed by atoms with Crippen molar-refractivity contribution in [3.05, 3.63) is 70.8 Å². The van der Waals surface area contributed by atoms with E-state index in [9.17, 15) is 39.6 Å². The predicted octanol–water partition coefficient (Wildman–Crippen LogP) is 1.64. The largest absolute Gasteiger partial charge is 0.479 e. The Morgan fingerprint density at radius 2 is 1.14 bits per heavy atom.